The van der Waals surface area contributed by atoms with Crippen molar-refractivity contribution in [3.63, 3.8) is 0 Å². The molecule has 3 N–H and O–H groups in total. The lowest BCUT2D eigenvalue weighted by molar-refractivity contribution is -0.215. The average molecular weight is 501 g/mol. The minimum atomic E-state index is -1.27. The minimum absolute atomic E-state index is 0.00170. The molecule has 0 heterocycles. The van der Waals surface area contributed by atoms with Crippen molar-refractivity contribution >= 4 is 17.7 Å². The first kappa shape index (κ1) is 25.9. The van der Waals surface area contributed by atoms with E-state index in [1.165, 1.54) is 0 Å². The maximum atomic E-state index is 14.2. The Labute approximate surface area is 214 Å². The van der Waals surface area contributed by atoms with Crippen molar-refractivity contribution in [2.45, 2.75) is 105 Å². The van der Waals surface area contributed by atoms with Crippen LogP contribution in [0.5, 0.6) is 0 Å². The Bertz CT molecular complexity index is 1060. The summed E-state index contributed by atoms with van der Waals surface area (Å²) < 4.78 is 0. The van der Waals surface area contributed by atoms with Gasteiger partial charge >= 0.3 is 11.9 Å². The van der Waals surface area contributed by atoms with Gasteiger partial charge in [0.2, 0.25) is 0 Å². The fourth-order valence-electron chi connectivity index (χ4n) is 10.3. The van der Waals surface area contributed by atoms with Crippen LogP contribution in [-0.2, 0) is 14.4 Å². The monoisotopic (exact) mass is 500 g/mol. The summed E-state index contributed by atoms with van der Waals surface area (Å²) in [6, 6.07) is 0. The van der Waals surface area contributed by atoms with Crippen LogP contribution in [-0.4, -0.2) is 39.1 Å². The third-order valence-electron chi connectivity index (χ3n) is 13.2. The van der Waals surface area contributed by atoms with Crippen LogP contribution in [0.25, 0.3) is 0 Å². The molecule has 36 heavy (non-hydrogen) atoms. The number of fused-ring (bicyclic) bond motifs is 7. The Morgan fingerprint density at radius 2 is 1.50 bits per heavy atom. The molecule has 0 aromatic rings. The Kier molecular flexibility index (Phi) is 5.37. The summed E-state index contributed by atoms with van der Waals surface area (Å²) >= 11 is 0. The van der Waals surface area contributed by atoms with Crippen LogP contribution in [0.2, 0.25) is 0 Å². The highest BCUT2D eigenvalue weighted by Crippen LogP contribution is 2.75. The lowest BCUT2D eigenvalue weighted by Gasteiger charge is -2.70. The van der Waals surface area contributed by atoms with Crippen molar-refractivity contribution in [3.8, 4) is 0 Å². The quantitative estimate of drug-likeness (QED) is 0.463. The normalized spacial score (nSPS) is 54.3. The number of aliphatic hydroxyl groups is 1. The highest BCUT2D eigenvalue weighted by molar-refractivity contribution is 5.96. The molecule has 0 unspecified atom stereocenters. The second-order valence-electron chi connectivity index (χ2n) is 14.7. The van der Waals surface area contributed by atoms with Gasteiger partial charge < -0.3 is 15.3 Å². The van der Waals surface area contributed by atoms with Crippen LogP contribution >= 0.6 is 0 Å². The number of carbonyl (C=O) groups excluding carboxylic acids is 1. The largest absolute Gasteiger partial charge is 0.481 e. The van der Waals surface area contributed by atoms with Gasteiger partial charge in [-0.05, 0) is 111 Å². The van der Waals surface area contributed by atoms with E-state index in [1.807, 2.05) is 13.0 Å². The summed E-state index contributed by atoms with van der Waals surface area (Å²) in [6.07, 6.45) is 7.51. The summed E-state index contributed by atoms with van der Waals surface area (Å²) in [7, 11) is 0. The number of hydrogen-bond acceptors (Lipinski definition) is 4. The maximum absolute atomic E-state index is 14.2. The molecular formula is C30H44O6. The maximum Gasteiger partial charge on any atom is 0.312 e. The van der Waals surface area contributed by atoms with E-state index in [0.29, 0.717) is 32.1 Å². The molecule has 10 atom stereocenters. The Hall–Kier alpha value is -1.69. The first-order chi connectivity index (χ1) is 16.5. The molecule has 0 amide bonds. The molecule has 5 aliphatic rings. The molecule has 4 saturated carbocycles. The third kappa shape index (κ3) is 2.91. The van der Waals surface area contributed by atoms with E-state index in [4.69, 9.17) is 0 Å². The van der Waals surface area contributed by atoms with Gasteiger partial charge in [0.1, 0.15) is 0 Å². The van der Waals surface area contributed by atoms with Crippen LogP contribution in [0.3, 0.4) is 0 Å². The van der Waals surface area contributed by atoms with Gasteiger partial charge in [-0.15, -0.1) is 0 Å². The Morgan fingerprint density at radius 3 is 2.11 bits per heavy atom. The summed E-state index contributed by atoms with van der Waals surface area (Å²) in [4.78, 5) is 39.0. The number of hydrogen-bond donors (Lipinski definition) is 3. The molecule has 4 fully saturated rings. The van der Waals surface area contributed by atoms with Crippen LogP contribution in [0.1, 0.15) is 99.3 Å². The zero-order valence-corrected chi connectivity index (χ0v) is 22.8. The number of carboxylic acid groups (broad SMARTS) is 2. The topological polar surface area (TPSA) is 112 Å². The molecule has 0 saturated heterocycles. The van der Waals surface area contributed by atoms with Crippen molar-refractivity contribution < 1.29 is 29.7 Å². The van der Waals surface area contributed by atoms with Gasteiger partial charge in [-0.3, -0.25) is 14.4 Å². The van der Waals surface area contributed by atoms with Gasteiger partial charge in [0.05, 0.1) is 16.9 Å². The molecular weight excluding hydrogens is 456 g/mol. The van der Waals surface area contributed by atoms with Crippen molar-refractivity contribution in [1.29, 1.82) is 0 Å². The summed E-state index contributed by atoms with van der Waals surface area (Å²) in [5, 5.41) is 31.1. The van der Waals surface area contributed by atoms with Crippen molar-refractivity contribution in [2.24, 2.45) is 50.2 Å². The first-order valence-corrected chi connectivity index (χ1v) is 13.9. The fraction of sp³-hybridized carbons (Fsp3) is 0.833. The molecule has 0 bridgehead atoms. The van der Waals surface area contributed by atoms with E-state index in [-0.39, 0.29) is 39.8 Å². The molecule has 0 aliphatic heterocycles. The van der Waals surface area contributed by atoms with Crippen molar-refractivity contribution in [3.05, 3.63) is 11.6 Å². The second-order valence-corrected chi connectivity index (χ2v) is 14.7. The SMILES string of the molecule is C[C@]1(C(=O)O)CC[C@]2(C)CC[C@]3(C)C(=CC(=O)[C@@H]4[C@@]5(C)CC[C@H](O)[C@](C)(C(=O)O)[C@@H]5CC[C@]43C)[C@@H]2C1. The summed E-state index contributed by atoms with van der Waals surface area (Å²) in [5.74, 6) is -2.13. The van der Waals surface area contributed by atoms with E-state index in [0.717, 1.165) is 31.3 Å². The Morgan fingerprint density at radius 1 is 0.861 bits per heavy atom. The number of carbonyl (C=O) groups is 3. The molecule has 6 nitrogen and oxygen atoms in total. The van der Waals surface area contributed by atoms with Crippen LogP contribution < -0.4 is 0 Å². The lowest BCUT2D eigenvalue weighted by Crippen LogP contribution is -2.68. The Balaban J connectivity index is 1.63. The number of rotatable bonds is 2. The number of ketones is 1. The molecule has 0 spiro atoms. The van der Waals surface area contributed by atoms with E-state index in [1.54, 1.807) is 6.92 Å². The van der Waals surface area contributed by atoms with Gasteiger partial charge in [-0.1, -0.05) is 33.3 Å². The summed E-state index contributed by atoms with van der Waals surface area (Å²) in [5.41, 5.74) is -1.97. The smallest absolute Gasteiger partial charge is 0.312 e. The van der Waals surface area contributed by atoms with Gasteiger partial charge in [0, 0.05) is 5.92 Å². The van der Waals surface area contributed by atoms with Gasteiger partial charge in [-0.25, -0.2) is 0 Å². The molecule has 0 aromatic carbocycles. The predicted molar refractivity (Wildman–Crippen MR) is 135 cm³/mol. The van der Waals surface area contributed by atoms with Gasteiger partial charge in [-0.2, -0.15) is 0 Å². The zero-order valence-electron chi connectivity index (χ0n) is 22.8. The third-order valence-corrected chi connectivity index (χ3v) is 13.2. The number of aliphatic hydroxyl groups excluding tert-OH is 1. The minimum Gasteiger partial charge on any atom is -0.481 e. The molecule has 200 valence electrons. The second kappa shape index (κ2) is 7.45. The molecule has 0 radical (unpaired) electrons. The predicted octanol–water partition coefficient (Wildman–Crippen LogP) is 5.48. The highest BCUT2D eigenvalue weighted by Gasteiger charge is 2.71. The van der Waals surface area contributed by atoms with Crippen LogP contribution in [0.4, 0.5) is 0 Å². The average Bonchev–Trinajstić information content (AvgIpc) is 2.79. The van der Waals surface area contributed by atoms with Gasteiger partial charge in [0.15, 0.2) is 5.78 Å². The number of carboxylic acids is 2. The van der Waals surface area contributed by atoms with Crippen LogP contribution in [0.15, 0.2) is 11.6 Å². The molecule has 5 rings (SSSR count). The molecule has 6 heteroatoms. The molecule has 5 aliphatic carbocycles. The van der Waals surface area contributed by atoms with E-state index in [9.17, 15) is 29.7 Å². The fourth-order valence-corrected chi connectivity index (χ4v) is 10.3. The number of aliphatic carboxylic acids is 2. The molecule has 0 aromatic heterocycles. The van der Waals surface area contributed by atoms with E-state index in [2.05, 4.69) is 27.7 Å². The lowest BCUT2D eigenvalue weighted by atomic mass is 9.33. The number of allylic oxidation sites excluding steroid dienone is 2. The standard InChI is InChI=1S/C30H44O6/c1-25-11-12-26(2,23(33)34)16-18(25)17-15-19(31)22-27(3)9-8-21(32)30(6,24(35)36)20(27)7-10-29(22,5)28(17,4)14-13-25/h15,18,20-22,32H,7-14,16H2,1-6H3,(H,33,34)(H,35,36)/t18-,20+,21-,22+,25+,26-,27-,28+,29+,30+/m0/s1. The first-order valence-electron chi connectivity index (χ1n) is 13.9. The van der Waals surface area contributed by atoms with E-state index < -0.39 is 34.3 Å². The summed E-state index contributed by atoms with van der Waals surface area (Å²) in [6.45, 7) is 12.5. The van der Waals surface area contributed by atoms with Crippen LogP contribution in [0, 0.1) is 50.2 Å². The van der Waals surface area contributed by atoms with Crippen molar-refractivity contribution in [1.82, 2.24) is 0 Å². The van der Waals surface area contributed by atoms with E-state index >= 15 is 0 Å². The van der Waals surface area contributed by atoms with Gasteiger partial charge in [0.25, 0.3) is 0 Å². The van der Waals surface area contributed by atoms with Crippen molar-refractivity contribution in [2.75, 3.05) is 0 Å². The zero-order chi connectivity index (χ0) is 26.7. The highest BCUT2D eigenvalue weighted by atomic mass is 16.4.